The van der Waals surface area contributed by atoms with Crippen LogP contribution in [0.4, 0.5) is 4.39 Å². The van der Waals surface area contributed by atoms with Crippen molar-refractivity contribution < 1.29 is 28.5 Å². The molecule has 0 unspecified atom stereocenters. The number of ether oxygens (including phenoxy) is 3. The van der Waals surface area contributed by atoms with E-state index in [1.165, 1.54) is 12.1 Å². The molecule has 0 atom stereocenters. The summed E-state index contributed by atoms with van der Waals surface area (Å²) in [6.07, 6.45) is 0.580. The molecule has 1 saturated heterocycles. The third-order valence-corrected chi connectivity index (χ3v) is 4.92. The van der Waals surface area contributed by atoms with Crippen LogP contribution in [-0.4, -0.2) is 50.3 Å². The van der Waals surface area contributed by atoms with Gasteiger partial charge in [0, 0.05) is 11.8 Å². The van der Waals surface area contributed by atoms with Crippen LogP contribution in [0.15, 0.2) is 36.5 Å². The normalized spacial score (nSPS) is 21.0. The molecule has 0 saturated carbocycles. The fraction of sp³-hybridized carbons (Fsp3) is 0.364. The lowest BCUT2D eigenvalue weighted by molar-refractivity contribution is -0.236. The van der Waals surface area contributed by atoms with E-state index in [9.17, 15) is 14.3 Å². The van der Waals surface area contributed by atoms with Crippen LogP contribution >= 0.6 is 0 Å². The quantitative estimate of drug-likeness (QED) is 0.594. The van der Waals surface area contributed by atoms with Gasteiger partial charge in [0.05, 0.1) is 36.4 Å². The summed E-state index contributed by atoms with van der Waals surface area (Å²) in [6.45, 7) is 5.23. The van der Waals surface area contributed by atoms with Gasteiger partial charge >= 0.3 is 12.0 Å². The van der Waals surface area contributed by atoms with Crippen molar-refractivity contribution in [2.24, 2.45) is 5.41 Å². The highest BCUT2D eigenvalue weighted by atomic mass is 19.1. The van der Waals surface area contributed by atoms with Crippen LogP contribution in [0.25, 0.3) is 22.6 Å². The first-order valence-electron chi connectivity index (χ1n) is 10.1. The molecule has 2 N–H and O–H groups in total. The fourth-order valence-corrected chi connectivity index (χ4v) is 3.14. The Morgan fingerprint density at radius 2 is 1.91 bits per heavy atom. The number of rotatable bonds is 6. The van der Waals surface area contributed by atoms with Crippen molar-refractivity contribution >= 4 is 5.97 Å². The Bertz CT molecular complexity index is 1110. The molecule has 0 radical (unpaired) electrons. The lowest BCUT2D eigenvalue weighted by atomic mass is 9.92. The number of carbonyl (C=O) groups is 1. The van der Waals surface area contributed by atoms with Gasteiger partial charge in [-0.3, -0.25) is 4.79 Å². The highest BCUT2D eigenvalue weighted by Crippen LogP contribution is 2.35. The average molecular weight is 442 g/mol. The number of hydrogen-bond acceptors (Lipinski definition) is 7. The second kappa shape index (κ2) is 8.64. The summed E-state index contributed by atoms with van der Waals surface area (Å²) in [4.78, 5) is 27.8. The lowest BCUT2D eigenvalue weighted by Crippen LogP contribution is -2.42. The first-order valence-corrected chi connectivity index (χ1v) is 10.1. The predicted octanol–water partition coefficient (Wildman–Crippen LogP) is 3.60. The molecule has 1 fully saturated rings. The Morgan fingerprint density at radius 3 is 2.53 bits per heavy atom. The van der Waals surface area contributed by atoms with Crippen molar-refractivity contribution in [3.63, 3.8) is 0 Å². The highest BCUT2D eigenvalue weighted by molar-refractivity contribution is 5.77. The minimum Gasteiger partial charge on any atom is -0.481 e. The predicted molar refractivity (Wildman–Crippen MR) is 111 cm³/mol. The number of H-pyrrole nitrogens is 1. The molecule has 168 valence electrons. The molecule has 1 aliphatic heterocycles. The van der Waals surface area contributed by atoms with E-state index in [1.54, 1.807) is 31.3 Å². The summed E-state index contributed by atoms with van der Waals surface area (Å²) in [7, 11) is 0. The number of halogens is 1. The Morgan fingerprint density at radius 1 is 1.22 bits per heavy atom. The number of nitrogens with one attached hydrogen (secondary N) is 1. The molecule has 1 aromatic carbocycles. The van der Waals surface area contributed by atoms with E-state index in [1.807, 2.05) is 13.8 Å². The summed E-state index contributed by atoms with van der Waals surface area (Å²) in [5, 5.41) is 9.37. The molecule has 0 spiro atoms. The van der Waals surface area contributed by atoms with Gasteiger partial charge < -0.3 is 24.3 Å². The van der Waals surface area contributed by atoms with Crippen LogP contribution < -0.4 is 4.74 Å². The van der Waals surface area contributed by atoms with Gasteiger partial charge in [-0.25, -0.2) is 14.4 Å². The number of imidazole rings is 1. The molecule has 9 nitrogen and oxygen atoms in total. The summed E-state index contributed by atoms with van der Waals surface area (Å²) < 4.78 is 30.4. The van der Waals surface area contributed by atoms with E-state index in [4.69, 9.17) is 14.2 Å². The number of benzene rings is 1. The van der Waals surface area contributed by atoms with Crippen molar-refractivity contribution in [2.45, 2.75) is 33.2 Å². The standard InChI is InChI=1S/C22H23FN4O5/c1-12(2)32-21-24-9-8-15(25-21)17-16(13-4-6-14(23)7-5-13)26-18(27-17)19-30-10-22(3,11-31-19)20(28)29/h4-9,12,19H,10-11H2,1-3H3,(H,26,27)(H,28,29). The Hall–Kier alpha value is -3.37. The van der Waals surface area contributed by atoms with Gasteiger partial charge in [-0.15, -0.1) is 0 Å². The molecule has 10 heteroatoms. The van der Waals surface area contributed by atoms with Gasteiger partial charge in [0.25, 0.3) is 0 Å². The molecule has 4 rings (SSSR count). The Kier molecular flexibility index (Phi) is 5.90. The van der Waals surface area contributed by atoms with E-state index in [0.29, 0.717) is 28.5 Å². The topological polar surface area (TPSA) is 119 Å². The molecular weight excluding hydrogens is 419 g/mol. The Balaban J connectivity index is 1.72. The van der Waals surface area contributed by atoms with Crippen molar-refractivity contribution in [1.29, 1.82) is 0 Å². The summed E-state index contributed by atoms with van der Waals surface area (Å²) in [5.74, 6) is -1.02. The number of carboxylic acid groups (broad SMARTS) is 1. The highest BCUT2D eigenvalue weighted by Gasteiger charge is 2.41. The number of carboxylic acids is 1. The molecule has 0 aliphatic carbocycles. The molecular formula is C22H23FN4O5. The van der Waals surface area contributed by atoms with E-state index in [0.717, 1.165) is 0 Å². The second-order valence-corrected chi connectivity index (χ2v) is 8.06. The Labute approximate surface area is 183 Å². The van der Waals surface area contributed by atoms with E-state index in [2.05, 4.69) is 19.9 Å². The van der Waals surface area contributed by atoms with E-state index < -0.39 is 17.7 Å². The molecule has 0 bridgehead atoms. The van der Waals surface area contributed by atoms with Crippen molar-refractivity contribution in [3.8, 4) is 28.7 Å². The first-order chi connectivity index (χ1) is 15.2. The van der Waals surface area contributed by atoms with Gasteiger partial charge in [-0.2, -0.15) is 4.98 Å². The number of aromatic nitrogens is 4. The molecule has 3 aromatic rings. The van der Waals surface area contributed by atoms with Crippen molar-refractivity contribution in [1.82, 2.24) is 19.9 Å². The summed E-state index contributed by atoms with van der Waals surface area (Å²) in [6, 6.07) is 7.80. The fourth-order valence-electron chi connectivity index (χ4n) is 3.14. The third kappa shape index (κ3) is 4.46. The first kappa shape index (κ1) is 21.8. The third-order valence-electron chi connectivity index (χ3n) is 4.92. The largest absolute Gasteiger partial charge is 0.481 e. The molecule has 1 aliphatic rings. The van der Waals surface area contributed by atoms with E-state index in [-0.39, 0.29) is 31.1 Å². The molecule has 32 heavy (non-hydrogen) atoms. The van der Waals surface area contributed by atoms with E-state index >= 15 is 0 Å². The summed E-state index contributed by atoms with van der Waals surface area (Å²) in [5.41, 5.74) is 1.08. The van der Waals surface area contributed by atoms with Crippen molar-refractivity contribution in [3.05, 3.63) is 48.2 Å². The number of nitrogens with zero attached hydrogens (tertiary/aromatic N) is 3. The zero-order valence-corrected chi connectivity index (χ0v) is 17.8. The monoisotopic (exact) mass is 442 g/mol. The minimum atomic E-state index is -1.14. The zero-order chi connectivity index (χ0) is 22.9. The molecule has 2 aromatic heterocycles. The van der Waals surface area contributed by atoms with Gasteiger partial charge in [0.1, 0.15) is 11.2 Å². The number of aromatic amines is 1. The van der Waals surface area contributed by atoms with Crippen LogP contribution in [0, 0.1) is 11.2 Å². The van der Waals surface area contributed by atoms with Crippen LogP contribution in [0.1, 0.15) is 32.9 Å². The van der Waals surface area contributed by atoms with Gasteiger partial charge in [-0.05, 0) is 51.1 Å². The lowest BCUT2D eigenvalue weighted by Gasteiger charge is -2.33. The van der Waals surface area contributed by atoms with Crippen LogP contribution in [0.5, 0.6) is 6.01 Å². The zero-order valence-electron chi connectivity index (χ0n) is 17.8. The van der Waals surface area contributed by atoms with Gasteiger partial charge in [0.15, 0.2) is 5.82 Å². The maximum absolute atomic E-state index is 13.5. The maximum Gasteiger partial charge on any atom is 0.317 e. The number of aliphatic carboxylic acids is 1. The number of hydrogen-bond donors (Lipinski definition) is 2. The maximum atomic E-state index is 13.5. The van der Waals surface area contributed by atoms with Crippen LogP contribution in [0.2, 0.25) is 0 Å². The minimum absolute atomic E-state index is 0.0329. The molecule has 3 heterocycles. The van der Waals surface area contributed by atoms with Crippen molar-refractivity contribution in [2.75, 3.05) is 13.2 Å². The molecule has 0 amide bonds. The summed E-state index contributed by atoms with van der Waals surface area (Å²) >= 11 is 0. The van der Waals surface area contributed by atoms with Gasteiger partial charge in [-0.1, -0.05) is 0 Å². The van der Waals surface area contributed by atoms with Crippen LogP contribution in [-0.2, 0) is 14.3 Å². The second-order valence-electron chi connectivity index (χ2n) is 8.06. The van der Waals surface area contributed by atoms with Gasteiger partial charge in [0.2, 0.25) is 6.29 Å². The smallest absolute Gasteiger partial charge is 0.317 e. The SMILES string of the molecule is CC(C)Oc1nccc(-c2[nH]c(C3OCC(C)(C(=O)O)CO3)nc2-c2ccc(F)cc2)n1. The average Bonchev–Trinajstić information content (AvgIpc) is 3.20. The van der Waals surface area contributed by atoms with Crippen LogP contribution in [0.3, 0.4) is 0 Å².